The third-order valence-corrected chi connectivity index (χ3v) is 1.34. The summed E-state index contributed by atoms with van der Waals surface area (Å²) in [5, 5.41) is 0. The molecule has 0 aliphatic rings. The molecule has 0 aliphatic heterocycles. The Bertz CT molecular complexity index is 272. The summed E-state index contributed by atoms with van der Waals surface area (Å²) in [6.45, 7) is 1.78. The van der Waals surface area contributed by atoms with Gasteiger partial charge in [-0.1, -0.05) is 0 Å². The average Bonchev–Trinajstić information content (AvgIpc) is 1.88. The molecule has 0 fully saturated rings. The molecule has 5 heteroatoms. The molecule has 0 aromatic carbocycles. The molecule has 0 amide bonds. The lowest BCUT2D eigenvalue weighted by atomic mass is 10.1. The monoisotopic (exact) mass is 298 g/mol. The van der Waals surface area contributed by atoms with Crippen LogP contribution in [0, 0.1) is 0 Å². The third kappa shape index (κ3) is 3.51. The van der Waals surface area contributed by atoms with Crippen molar-refractivity contribution in [3.63, 3.8) is 0 Å². The van der Waals surface area contributed by atoms with Crippen molar-refractivity contribution in [2.45, 2.75) is 13.0 Å². The lowest BCUT2D eigenvalue weighted by Crippen LogP contribution is -2.16. The van der Waals surface area contributed by atoms with Gasteiger partial charge in [0.25, 0.3) is 0 Å². The van der Waals surface area contributed by atoms with Crippen LogP contribution in [0.1, 0.15) is 18.5 Å². The minimum atomic E-state index is -0.190. The van der Waals surface area contributed by atoms with E-state index in [1.807, 2.05) is 0 Å². The second kappa shape index (κ2) is 6.39. The van der Waals surface area contributed by atoms with Crippen molar-refractivity contribution in [1.29, 1.82) is 0 Å². The van der Waals surface area contributed by atoms with E-state index in [0.717, 1.165) is 0 Å². The molecule has 1 heterocycles. The topological polar surface area (TPSA) is 58.9 Å². The van der Waals surface area contributed by atoms with E-state index < -0.39 is 0 Å². The first-order chi connectivity index (χ1) is 4.72. The number of hydrogen-bond acceptors (Lipinski definition) is 2. The molecule has 1 unspecified atom stereocenters. The van der Waals surface area contributed by atoms with E-state index in [4.69, 9.17) is 5.73 Å². The lowest BCUT2D eigenvalue weighted by Gasteiger charge is -2.01. The molecule has 0 aliphatic carbocycles. The van der Waals surface area contributed by atoms with Gasteiger partial charge in [0.2, 0.25) is 0 Å². The highest BCUT2D eigenvalue weighted by molar-refractivity contribution is 8.93. The Kier molecular flexibility index (Phi) is 7.67. The van der Waals surface area contributed by atoms with Crippen molar-refractivity contribution in [2.24, 2.45) is 5.73 Å². The van der Waals surface area contributed by atoms with Gasteiger partial charge >= 0.3 is 0 Å². The minimum Gasteiger partial charge on any atom is -0.367 e. The van der Waals surface area contributed by atoms with Gasteiger partial charge in [-0.15, -0.1) is 34.0 Å². The molecule has 1 atom stereocenters. The van der Waals surface area contributed by atoms with E-state index in [1.165, 1.54) is 6.07 Å². The highest BCUT2D eigenvalue weighted by Gasteiger charge is 2.01. The van der Waals surface area contributed by atoms with Gasteiger partial charge in [-0.3, -0.25) is 4.79 Å². The molecule has 12 heavy (non-hydrogen) atoms. The highest BCUT2D eigenvalue weighted by atomic mass is 79.9. The maximum Gasteiger partial charge on any atom is 0.186 e. The highest BCUT2D eigenvalue weighted by Crippen LogP contribution is 1.98. The average molecular weight is 300 g/mol. The van der Waals surface area contributed by atoms with Crippen molar-refractivity contribution in [1.82, 2.24) is 4.98 Å². The van der Waals surface area contributed by atoms with E-state index in [-0.39, 0.29) is 45.4 Å². The number of nitrogens with one attached hydrogen (secondary N) is 1. The van der Waals surface area contributed by atoms with Crippen LogP contribution < -0.4 is 11.2 Å². The third-order valence-electron chi connectivity index (χ3n) is 1.34. The number of aromatic amines is 1. The van der Waals surface area contributed by atoms with Crippen LogP contribution in [0.4, 0.5) is 0 Å². The first-order valence-electron chi connectivity index (χ1n) is 3.14. The molecule has 0 bridgehead atoms. The summed E-state index contributed by atoms with van der Waals surface area (Å²) in [7, 11) is 0. The van der Waals surface area contributed by atoms with Crippen LogP contribution in [0.25, 0.3) is 0 Å². The van der Waals surface area contributed by atoms with Crippen LogP contribution in [0.2, 0.25) is 0 Å². The zero-order valence-electron chi connectivity index (χ0n) is 6.61. The molecule has 0 saturated heterocycles. The second-order valence-corrected chi connectivity index (χ2v) is 2.25. The van der Waals surface area contributed by atoms with E-state index in [2.05, 4.69) is 4.98 Å². The van der Waals surface area contributed by atoms with Crippen molar-refractivity contribution in [3.05, 3.63) is 34.2 Å². The summed E-state index contributed by atoms with van der Waals surface area (Å²) in [4.78, 5) is 13.8. The zero-order valence-corrected chi connectivity index (χ0v) is 10.0. The molecule has 1 aromatic heterocycles. The van der Waals surface area contributed by atoms with Gasteiger partial charge in [0.15, 0.2) is 5.43 Å². The number of aromatic nitrogens is 1. The number of pyridine rings is 1. The SMILES string of the molecule is Br.Br.CC(N)c1c[nH]ccc1=O. The summed E-state index contributed by atoms with van der Waals surface area (Å²) in [6.07, 6.45) is 3.22. The summed E-state index contributed by atoms with van der Waals surface area (Å²) in [5.74, 6) is 0. The minimum absolute atomic E-state index is 0. The van der Waals surface area contributed by atoms with Crippen molar-refractivity contribution in [3.8, 4) is 0 Å². The van der Waals surface area contributed by atoms with E-state index in [0.29, 0.717) is 5.56 Å². The number of halogens is 2. The zero-order chi connectivity index (χ0) is 7.56. The van der Waals surface area contributed by atoms with Gasteiger partial charge < -0.3 is 10.7 Å². The largest absolute Gasteiger partial charge is 0.367 e. The van der Waals surface area contributed by atoms with Gasteiger partial charge in [0.05, 0.1) is 0 Å². The Hall–Kier alpha value is -0.130. The molecule has 0 saturated carbocycles. The predicted octanol–water partition coefficient (Wildman–Crippen LogP) is 1.55. The van der Waals surface area contributed by atoms with E-state index in [9.17, 15) is 4.79 Å². The van der Waals surface area contributed by atoms with Crippen LogP contribution >= 0.6 is 34.0 Å². The molecular weight excluding hydrogens is 288 g/mol. The Labute approximate surface area is 91.9 Å². The molecule has 0 radical (unpaired) electrons. The molecule has 70 valence electrons. The Morgan fingerprint density at radius 2 is 2.08 bits per heavy atom. The standard InChI is InChI=1S/C7H10N2O.2BrH/c1-5(8)6-4-9-3-2-7(6)10;;/h2-5H,8H2,1H3,(H,9,10);2*1H. The summed E-state index contributed by atoms with van der Waals surface area (Å²) in [6, 6.07) is 1.28. The van der Waals surface area contributed by atoms with Gasteiger partial charge in [-0.2, -0.15) is 0 Å². The smallest absolute Gasteiger partial charge is 0.186 e. The molecule has 0 spiro atoms. The fourth-order valence-electron chi connectivity index (χ4n) is 0.785. The first kappa shape index (κ1) is 14.4. The van der Waals surface area contributed by atoms with E-state index >= 15 is 0 Å². The maximum atomic E-state index is 11.0. The van der Waals surface area contributed by atoms with Crippen LogP contribution in [0.15, 0.2) is 23.3 Å². The van der Waals surface area contributed by atoms with Crippen LogP contribution in [-0.4, -0.2) is 4.98 Å². The fourth-order valence-corrected chi connectivity index (χ4v) is 0.785. The van der Waals surface area contributed by atoms with Crippen molar-refractivity contribution >= 4 is 34.0 Å². The van der Waals surface area contributed by atoms with Crippen LogP contribution in [0.3, 0.4) is 0 Å². The summed E-state index contributed by atoms with van der Waals surface area (Å²) < 4.78 is 0. The van der Waals surface area contributed by atoms with E-state index in [1.54, 1.807) is 19.3 Å². The number of H-pyrrole nitrogens is 1. The Morgan fingerprint density at radius 3 is 2.42 bits per heavy atom. The first-order valence-corrected chi connectivity index (χ1v) is 3.14. The molecule has 3 N–H and O–H groups in total. The van der Waals surface area contributed by atoms with Crippen molar-refractivity contribution < 1.29 is 0 Å². The second-order valence-electron chi connectivity index (χ2n) is 2.25. The number of hydrogen-bond donors (Lipinski definition) is 2. The fraction of sp³-hybridized carbons (Fsp3) is 0.286. The summed E-state index contributed by atoms with van der Waals surface area (Å²) in [5.41, 5.74) is 6.12. The number of nitrogens with two attached hydrogens (primary N) is 1. The molecule has 1 rings (SSSR count). The van der Waals surface area contributed by atoms with Gasteiger partial charge in [0.1, 0.15) is 0 Å². The Morgan fingerprint density at radius 1 is 1.50 bits per heavy atom. The van der Waals surface area contributed by atoms with Crippen molar-refractivity contribution in [2.75, 3.05) is 0 Å². The van der Waals surface area contributed by atoms with Crippen LogP contribution in [-0.2, 0) is 0 Å². The quantitative estimate of drug-likeness (QED) is 0.826. The Balaban J connectivity index is 0. The lowest BCUT2D eigenvalue weighted by molar-refractivity contribution is 0.803. The van der Waals surface area contributed by atoms with Crippen LogP contribution in [0.5, 0.6) is 0 Å². The molecular formula is C7H12Br2N2O. The summed E-state index contributed by atoms with van der Waals surface area (Å²) >= 11 is 0. The van der Waals surface area contributed by atoms with Gasteiger partial charge in [-0.25, -0.2) is 0 Å². The molecule has 1 aromatic rings. The van der Waals surface area contributed by atoms with Gasteiger partial charge in [-0.05, 0) is 6.92 Å². The maximum absolute atomic E-state index is 11.0. The predicted molar refractivity (Wildman–Crippen MR) is 60.3 cm³/mol. The normalized spacial score (nSPS) is 10.8. The molecule has 3 nitrogen and oxygen atoms in total. The van der Waals surface area contributed by atoms with Gasteiger partial charge in [0, 0.05) is 30.1 Å². The number of rotatable bonds is 1.